The molecule has 0 unspecified atom stereocenters. The molecule has 3 nitrogen and oxygen atoms in total. The number of halogens is 2. The SMILES string of the molecule is C[N](C)[Sn]([CH2]C(F)F)([N](C)C)[N](C)C. The van der Waals surface area contributed by atoms with Crippen LogP contribution in [0, 0.1) is 0 Å². The van der Waals surface area contributed by atoms with Crippen molar-refractivity contribution in [2.24, 2.45) is 0 Å². The van der Waals surface area contributed by atoms with Crippen molar-refractivity contribution in [1.29, 1.82) is 0 Å². The van der Waals surface area contributed by atoms with Crippen LogP contribution < -0.4 is 0 Å². The summed E-state index contributed by atoms with van der Waals surface area (Å²) in [7, 11) is 11.4. The van der Waals surface area contributed by atoms with Crippen LogP contribution in [0.2, 0.25) is 4.44 Å². The molecule has 0 aliphatic heterocycles. The Balaban J connectivity index is 4.95. The van der Waals surface area contributed by atoms with E-state index in [1.54, 1.807) is 0 Å². The van der Waals surface area contributed by atoms with E-state index in [1.807, 2.05) is 51.7 Å². The van der Waals surface area contributed by atoms with Crippen molar-refractivity contribution >= 4 is 19.2 Å². The summed E-state index contributed by atoms with van der Waals surface area (Å²) in [5.41, 5.74) is 0. The van der Waals surface area contributed by atoms with Crippen molar-refractivity contribution in [3.05, 3.63) is 0 Å². The topological polar surface area (TPSA) is 9.72 Å². The van der Waals surface area contributed by atoms with Crippen LogP contribution in [0.25, 0.3) is 0 Å². The summed E-state index contributed by atoms with van der Waals surface area (Å²) in [6.45, 7) is 0. The van der Waals surface area contributed by atoms with E-state index in [0.717, 1.165) is 0 Å². The van der Waals surface area contributed by atoms with Crippen LogP contribution in [0.3, 0.4) is 0 Å². The normalized spacial score (nSPS) is 13.7. The predicted octanol–water partition coefficient (Wildman–Crippen LogP) is 0.875. The van der Waals surface area contributed by atoms with Gasteiger partial charge in [-0.3, -0.25) is 0 Å². The molecule has 0 saturated carbocycles. The predicted molar refractivity (Wildman–Crippen MR) is 57.6 cm³/mol. The third kappa shape index (κ3) is 3.01. The van der Waals surface area contributed by atoms with E-state index in [2.05, 4.69) is 0 Å². The molecule has 0 N–H and O–H groups in total. The Morgan fingerprint density at radius 2 is 1.14 bits per heavy atom. The van der Waals surface area contributed by atoms with Gasteiger partial charge in [0.05, 0.1) is 0 Å². The minimum atomic E-state index is -3.17. The average Bonchev–Trinajstić information content (AvgIpc) is 1.97. The summed E-state index contributed by atoms with van der Waals surface area (Å²) in [5, 5.41) is 0. The van der Waals surface area contributed by atoms with Crippen molar-refractivity contribution in [2.45, 2.75) is 10.9 Å². The van der Waals surface area contributed by atoms with Crippen LogP contribution in [0.15, 0.2) is 0 Å². The molecule has 14 heavy (non-hydrogen) atoms. The Kier molecular flexibility index (Phi) is 5.79. The third-order valence-corrected chi connectivity index (χ3v) is 17.3. The molecule has 0 rings (SSSR count). The van der Waals surface area contributed by atoms with Crippen molar-refractivity contribution in [1.82, 2.24) is 9.36 Å². The second-order valence-electron chi connectivity index (χ2n) is 4.05. The van der Waals surface area contributed by atoms with Crippen molar-refractivity contribution in [3.8, 4) is 0 Å². The van der Waals surface area contributed by atoms with Gasteiger partial charge in [-0.05, 0) is 0 Å². The number of alkyl halides is 2. The van der Waals surface area contributed by atoms with Gasteiger partial charge in [-0.2, -0.15) is 0 Å². The summed E-state index contributed by atoms with van der Waals surface area (Å²) in [6, 6.07) is 0. The Labute approximate surface area is 90.6 Å². The van der Waals surface area contributed by atoms with E-state index in [9.17, 15) is 8.78 Å². The Morgan fingerprint density at radius 1 is 0.857 bits per heavy atom. The fourth-order valence-electron chi connectivity index (χ4n) is 1.95. The number of hydrogen-bond donors (Lipinski definition) is 0. The van der Waals surface area contributed by atoms with Crippen LogP contribution in [0.4, 0.5) is 8.78 Å². The van der Waals surface area contributed by atoms with Crippen LogP contribution >= 0.6 is 0 Å². The number of nitrogens with zero attached hydrogens (tertiary/aromatic N) is 3. The van der Waals surface area contributed by atoms with Gasteiger partial charge in [0.1, 0.15) is 0 Å². The molecule has 0 atom stereocenters. The van der Waals surface area contributed by atoms with Crippen molar-refractivity contribution in [3.63, 3.8) is 0 Å². The third-order valence-electron chi connectivity index (χ3n) is 2.58. The second-order valence-corrected chi connectivity index (χ2v) is 17.3. The molecule has 0 saturated heterocycles. The van der Waals surface area contributed by atoms with Crippen molar-refractivity contribution < 1.29 is 8.78 Å². The van der Waals surface area contributed by atoms with Gasteiger partial charge in [0, 0.05) is 0 Å². The van der Waals surface area contributed by atoms with Crippen LogP contribution in [-0.4, -0.2) is 77.3 Å². The summed E-state index contributed by atoms with van der Waals surface area (Å²) in [4.78, 5) is 0. The first-order valence-electron chi connectivity index (χ1n) is 4.55. The van der Waals surface area contributed by atoms with Crippen LogP contribution in [0.5, 0.6) is 0 Å². The zero-order valence-corrected chi connectivity index (χ0v) is 12.7. The van der Waals surface area contributed by atoms with Gasteiger partial charge in [-0.25, -0.2) is 0 Å². The van der Waals surface area contributed by atoms with Gasteiger partial charge in [0.25, 0.3) is 0 Å². The van der Waals surface area contributed by atoms with Crippen molar-refractivity contribution in [2.75, 3.05) is 42.3 Å². The molecule has 0 aliphatic carbocycles. The molecule has 0 aromatic carbocycles. The molecule has 0 bridgehead atoms. The summed E-state index contributed by atoms with van der Waals surface area (Å²) < 4.78 is 31.2. The fraction of sp³-hybridized carbons (Fsp3) is 1.00. The molecule has 6 heteroatoms. The molecule has 0 amide bonds. The van der Waals surface area contributed by atoms with Gasteiger partial charge in [-0.1, -0.05) is 0 Å². The van der Waals surface area contributed by atoms with E-state index >= 15 is 0 Å². The zero-order chi connectivity index (χ0) is 11.5. The molecule has 0 aromatic heterocycles. The van der Waals surface area contributed by atoms with Gasteiger partial charge >= 0.3 is 90.5 Å². The summed E-state index contributed by atoms with van der Waals surface area (Å²) in [6.07, 6.45) is -2.22. The van der Waals surface area contributed by atoms with E-state index in [4.69, 9.17) is 0 Å². The van der Waals surface area contributed by atoms with Gasteiger partial charge in [-0.15, -0.1) is 0 Å². The Bertz CT molecular complexity index is 152. The van der Waals surface area contributed by atoms with Gasteiger partial charge in [0.2, 0.25) is 0 Å². The van der Waals surface area contributed by atoms with Crippen LogP contribution in [0.1, 0.15) is 0 Å². The quantitative estimate of drug-likeness (QED) is 0.697. The van der Waals surface area contributed by atoms with E-state index < -0.39 is 25.6 Å². The van der Waals surface area contributed by atoms with Crippen LogP contribution in [-0.2, 0) is 0 Å². The summed E-state index contributed by atoms with van der Waals surface area (Å²) >= 11 is -3.17. The van der Waals surface area contributed by atoms with E-state index in [1.165, 1.54) is 0 Å². The Morgan fingerprint density at radius 3 is 1.21 bits per heavy atom. The average molecular weight is 316 g/mol. The Hall–Kier alpha value is 0.539. The summed E-state index contributed by atoms with van der Waals surface area (Å²) in [5.74, 6) is 0. The molecule has 0 spiro atoms. The molecule has 0 aromatic rings. The molecular formula is C8H21F2N3Sn. The number of rotatable bonds is 5. The molecule has 0 aliphatic rings. The first-order chi connectivity index (χ1) is 6.25. The second kappa shape index (κ2) is 5.58. The fourth-order valence-corrected chi connectivity index (χ4v) is 13.1. The maximum absolute atomic E-state index is 12.6. The minimum absolute atomic E-state index is 0.0156. The molecule has 0 fully saturated rings. The standard InChI is InChI=1S/C2H3F2.3C2H6N.Sn/c1-2(3)4;3*1-3-2;/h2H,1H2;3*1-2H3;/q;3*-1;+3. The van der Waals surface area contributed by atoms with E-state index in [0.29, 0.717) is 0 Å². The molecule has 86 valence electrons. The first-order valence-corrected chi connectivity index (χ1v) is 10.4. The van der Waals surface area contributed by atoms with E-state index in [-0.39, 0.29) is 4.44 Å². The molecule has 0 heterocycles. The molecular weight excluding hydrogens is 295 g/mol. The molecule has 0 radical (unpaired) electrons. The van der Waals surface area contributed by atoms with Gasteiger partial charge in [0.15, 0.2) is 0 Å². The zero-order valence-electron chi connectivity index (χ0n) is 9.88. The van der Waals surface area contributed by atoms with Gasteiger partial charge < -0.3 is 0 Å². The first kappa shape index (κ1) is 14.5. The number of hydrogen-bond acceptors (Lipinski definition) is 3. The monoisotopic (exact) mass is 317 g/mol. The maximum atomic E-state index is 12.6.